The summed E-state index contributed by atoms with van der Waals surface area (Å²) in [6, 6.07) is 8.85. The van der Waals surface area contributed by atoms with E-state index in [2.05, 4.69) is 71.1 Å². The number of aryl methyl sites for hydroxylation is 1. The molecule has 0 bridgehead atoms. The van der Waals surface area contributed by atoms with Gasteiger partial charge in [-0.15, -0.1) is 0 Å². The Kier molecular flexibility index (Phi) is 7.41. The van der Waals surface area contributed by atoms with Crippen molar-refractivity contribution in [3.8, 4) is 0 Å². The van der Waals surface area contributed by atoms with Crippen LogP contribution in [0.15, 0.2) is 24.3 Å². The molecule has 1 unspecified atom stereocenters. The van der Waals surface area contributed by atoms with Gasteiger partial charge in [0.15, 0.2) is 0 Å². The van der Waals surface area contributed by atoms with Crippen LogP contribution in [0.3, 0.4) is 0 Å². The van der Waals surface area contributed by atoms with Gasteiger partial charge in [0.1, 0.15) is 0 Å². The van der Waals surface area contributed by atoms with E-state index in [1.54, 1.807) is 0 Å². The van der Waals surface area contributed by atoms with E-state index >= 15 is 0 Å². The topological polar surface area (TPSA) is 21.3 Å². The zero-order valence-electron chi connectivity index (χ0n) is 14.7. The summed E-state index contributed by atoms with van der Waals surface area (Å²) in [5.41, 5.74) is 2.94. The van der Waals surface area contributed by atoms with Crippen LogP contribution >= 0.6 is 0 Å². The Morgan fingerprint density at radius 3 is 2.48 bits per heavy atom. The number of rotatable bonds is 8. The molecule has 120 valence electrons. The van der Waals surface area contributed by atoms with Crippen LogP contribution in [0.2, 0.25) is 0 Å². The molecule has 0 heterocycles. The molecule has 1 rings (SSSR count). The monoisotopic (exact) mass is 291 g/mol. The maximum atomic E-state index is 5.74. The summed E-state index contributed by atoms with van der Waals surface area (Å²) in [4.78, 5) is 0. The number of hydrogen-bond donors (Lipinski definition) is 1. The number of hydrogen-bond acceptors (Lipinski definition) is 2. The van der Waals surface area contributed by atoms with Gasteiger partial charge in [-0.2, -0.15) is 0 Å². The van der Waals surface area contributed by atoms with Crippen molar-refractivity contribution >= 4 is 0 Å². The van der Waals surface area contributed by atoms with Crippen molar-refractivity contribution in [2.45, 2.75) is 66.0 Å². The van der Waals surface area contributed by atoms with Crippen LogP contribution in [-0.4, -0.2) is 24.8 Å². The first-order valence-electron chi connectivity index (χ1n) is 8.18. The number of benzene rings is 1. The molecular weight excluding hydrogens is 258 g/mol. The van der Waals surface area contributed by atoms with E-state index in [0.717, 1.165) is 26.0 Å². The van der Waals surface area contributed by atoms with Crippen molar-refractivity contribution in [3.63, 3.8) is 0 Å². The smallest absolute Gasteiger partial charge is 0.0518 e. The van der Waals surface area contributed by atoms with Gasteiger partial charge in [0.05, 0.1) is 6.10 Å². The molecule has 21 heavy (non-hydrogen) atoms. The standard InChI is InChI=1S/C19H33NO/c1-15(2)21-11-10-18(14-20-19(4,5)6)13-17-9-7-8-16(3)12-17/h7-9,12,15,18,20H,10-11,13-14H2,1-6H3. The van der Waals surface area contributed by atoms with Crippen molar-refractivity contribution in [2.24, 2.45) is 5.92 Å². The molecule has 2 heteroatoms. The van der Waals surface area contributed by atoms with Gasteiger partial charge in [0, 0.05) is 12.1 Å². The molecule has 0 spiro atoms. The van der Waals surface area contributed by atoms with E-state index in [-0.39, 0.29) is 5.54 Å². The molecular formula is C19H33NO. The fourth-order valence-electron chi connectivity index (χ4n) is 2.37. The van der Waals surface area contributed by atoms with E-state index in [0.29, 0.717) is 12.0 Å². The van der Waals surface area contributed by atoms with Gasteiger partial charge >= 0.3 is 0 Å². The Labute approximate surface area is 131 Å². The van der Waals surface area contributed by atoms with Gasteiger partial charge in [-0.05, 0) is 72.4 Å². The highest BCUT2D eigenvalue weighted by Crippen LogP contribution is 2.15. The lowest BCUT2D eigenvalue weighted by atomic mass is 9.94. The highest BCUT2D eigenvalue weighted by atomic mass is 16.5. The van der Waals surface area contributed by atoms with Crippen LogP contribution in [-0.2, 0) is 11.2 Å². The Hall–Kier alpha value is -0.860. The average molecular weight is 291 g/mol. The third kappa shape index (κ3) is 8.90. The minimum atomic E-state index is 0.170. The van der Waals surface area contributed by atoms with Gasteiger partial charge in [-0.25, -0.2) is 0 Å². The summed E-state index contributed by atoms with van der Waals surface area (Å²) >= 11 is 0. The number of ether oxygens (including phenoxy) is 1. The molecule has 0 saturated carbocycles. The van der Waals surface area contributed by atoms with Crippen LogP contribution < -0.4 is 5.32 Å². The summed E-state index contributed by atoms with van der Waals surface area (Å²) in [7, 11) is 0. The lowest BCUT2D eigenvalue weighted by Crippen LogP contribution is -2.39. The summed E-state index contributed by atoms with van der Waals surface area (Å²) in [5, 5.41) is 3.64. The van der Waals surface area contributed by atoms with Gasteiger partial charge < -0.3 is 10.1 Å². The highest BCUT2D eigenvalue weighted by Gasteiger charge is 2.15. The zero-order chi connectivity index (χ0) is 15.9. The van der Waals surface area contributed by atoms with Gasteiger partial charge in [-0.3, -0.25) is 0 Å². The maximum absolute atomic E-state index is 5.74. The molecule has 2 nitrogen and oxygen atoms in total. The van der Waals surface area contributed by atoms with E-state index < -0.39 is 0 Å². The van der Waals surface area contributed by atoms with Crippen LogP contribution in [0.4, 0.5) is 0 Å². The van der Waals surface area contributed by atoms with Crippen LogP contribution in [0.5, 0.6) is 0 Å². The minimum Gasteiger partial charge on any atom is -0.379 e. The minimum absolute atomic E-state index is 0.170. The van der Waals surface area contributed by atoms with E-state index in [1.807, 2.05) is 0 Å². The summed E-state index contributed by atoms with van der Waals surface area (Å²) < 4.78 is 5.74. The fourth-order valence-corrected chi connectivity index (χ4v) is 2.37. The molecule has 0 fully saturated rings. The SMILES string of the molecule is Cc1cccc(CC(CCOC(C)C)CNC(C)(C)C)c1. The van der Waals surface area contributed by atoms with Gasteiger partial charge in [0.2, 0.25) is 0 Å². The molecule has 0 saturated heterocycles. The van der Waals surface area contributed by atoms with E-state index in [4.69, 9.17) is 4.74 Å². The maximum Gasteiger partial charge on any atom is 0.0518 e. The van der Waals surface area contributed by atoms with Crippen molar-refractivity contribution in [1.29, 1.82) is 0 Å². The second kappa shape index (κ2) is 8.55. The Bertz CT molecular complexity index is 406. The largest absolute Gasteiger partial charge is 0.379 e. The van der Waals surface area contributed by atoms with Crippen LogP contribution in [0.1, 0.15) is 52.2 Å². The summed E-state index contributed by atoms with van der Waals surface area (Å²) in [5.74, 6) is 0.616. The van der Waals surface area contributed by atoms with Crippen molar-refractivity contribution in [2.75, 3.05) is 13.2 Å². The fraction of sp³-hybridized carbons (Fsp3) is 0.684. The van der Waals surface area contributed by atoms with Crippen molar-refractivity contribution < 1.29 is 4.74 Å². The van der Waals surface area contributed by atoms with E-state index in [9.17, 15) is 0 Å². The first kappa shape index (κ1) is 18.2. The molecule has 0 amide bonds. The van der Waals surface area contributed by atoms with Crippen molar-refractivity contribution in [3.05, 3.63) is 35.4 Å². The molecule has 0 radical (unpaired) electrons. The first-order valence-corrected chi connectivity index (χ1v) is 8.18. The predicted molar refractivity (Wildman–Crippen MR) is 91.8 cm³/mol. The molecule has 0 aliphatic carbocycles. The summed E-state index contributed by atoms with van der Waals surface area (Å²) in [6.45, 7) is 14.9. The average Bonchev–Trinajstić information content (AvgIpc) is 2.34. The third-order valence-electron chi connectivity index (χ3n) is 3.51. The number of nitrogens with one attached hydrogen (secondary N) is 1. The lowest BCUT2D eigenvalue weighted by molar-refractivity contribution is 0.0677. The molecule has 0 aliphatic rings. The van der Waals surface area contributed by atoms with Crippen LogP contribution in [0.25, 0.3) is 0 Å². The lowest BCUT2D eigenvalue weighted by Gasteiger charge is -2.26. The Morgan fingerprint density at radius 2 is 1.90 bits per heavy atom. The zero-order valence-corrected chi connectivity index (χ0v) is 14.7. The molecule has 1 N–H and O–H groups in total. The first-order chi connectivity index (χ1) is 9.76. The normalized spacial score (nSPS) is 13.7. The van der Waals surface area contributed by atoms with Gasteiger partial charge in [-0.1, -0.05) is 29.8 Å². The van der Waals surface area contributed by atoms with E-state index in [1.165, 1.54) is 11.1 Å². The second-order valence-electron chi connectivity index (χ2n) is 7.40. The molecule has 1 aromatic carbocycles. The predicted octanol–water partition coefficient (Wildman–Crippen LogP) is 4.36. The van der Waals surface area contributed by atoms with Crippen molar-refractivity contribution in [1.82, 2.24) is 5.32 Å². The van der Waals surface area contributed by atoms with Gasteiger partial charge in [0.25, 0.3) is 0 Å². The Balaban J connectivity index is 2.57. The molecule has 1 aromatic rings. The molecule has 0 aromatic heterocycles. The van der Waals surface area contributed by atoms with Crippen LogP contribution in [0, 0.1) is 12.8 Å². The highest BCUT2D eigenvalue weighted by molar-refractivity contribution is 5.22. The summed E-state index contributed by atoms with van der Waals surface area (Å²) in [6.07, 6.45) is 2.54. The molecule has 1 atom stereocenters. The third-order valence-corrected chi connectivity index (χ3v) is 3.51. The quantitative estimate of drug-likeness (QED) is 0.768. The Morgan fingerprint density at radius 1 is 1.19 bits per heavy atom. The molecule has 0 aliphatic heterocycles. The second-order valence-corrected chi connectivity index (χ2v) is 7.40.